The number of carbonyl (C=O) groups excluding carboxylic acids is 1. The highest BCUT2D eigenvalue weighted by Crippen LogP contribution is 2.31. The minimum Gasteiger partial charge on any atom is -0.493 e. The van der Waals surface area contributed by atoms with Gasteiger partial charge >= 0.3 is 5.97 Å². The minimum atomic E-state index is -0.403. The Morgan fingerprint density at radius 3 is 2.74 bits per heavy atom. The Balaban J connectivity index is 2.85. The van der Waals surface area contributed by atoms with Crippen LogP contribution in [0.5, 0.6) is 11.5 Å². The van der Waals surface area contributed by atoms with Gasteiger partial charge in [0.15, 0.2) is 18.1 Å². The van der Waals surface area contributed by atoms with Gasteiger partial charge in [-0.05, 0) is 31.9 Å². The lowest BCUT2D eigenvalue weighted by molar-refractivity contribution is -0.145. The highest BCUT2D eigenvalue weighted by molar-refractivity contribution is 5.71. The van der Waals surface area contributed by atoms with E-state index in [1.54, 1.807) is 20.1 Å². The number of carbonyl (C=O) groups is 1. The predicted octanol–water partition coefficient (Wildman–Crippen LogP) is 1.53. The minimum absolute atomic E-state index is 0.00273. The summed E-state index contributed by atoms with van der Waals surface area (Å²) in [7, 11) is 1.56. The number of benzene rings is 1. The maximum absolute atomic E-state index is 11.3. The normalized spacial score (nSPS) is 11.8. The molecule has 106 valence electrons. The lowest BCUT2D eigenvalue weighted by atomic mass is 10.1. The second kappa shape index (κ2) is 7.63. The van der Waals surface area contributed by atoms with E-state index < -0.39 is 5.97 Å². The van der Waals surface area contributed by atoms with E-state index in [-0.39, 0.29) is 12.6 Å². The monoisotopic (exact) mass is 267 g/mol. The molecule has 0 spiro atoms. The fraction of sp³-hybridized carbons (Fsp3) is 0.500. The summed E-state index contributed by atoms with van der Waals surface area (Å²) in [5.74, 6) is 0.734. The number of hydrogen-bond donors (Lipinski definition) is 1. The van der Waals surface area contributed by atoms with Crippen LogP contribution in [0, 0.1) is 0 Å². The van der Waals surface area contributed by atoms with Gasteiger partial charge < -0.3 is 19.9 Å². The van der Waals surface area contributed by atoms with Gasteiger partial charge in [-0.15, -0.1) is 0 Å². The molecule has 0 bridgehead atoms. The number of esters is 1. The lowest BCUT2D eigenvalue weighted by Gasteiger charge is -2.15. The second-order valence-electron chi connectivity index (χ2n) is 4.22. The van der Waals surface area contributed by atoms with Crippen LogP contribution in [0.3, 0.4) is 0 Å². The van der Waals surface area contributed by atoms with Crippen molar-refractivity contribution in [2.45, 2.75) is 26.3 Å². The van der Waals surface area contributed by atoms with Crippen molar-refractivity contribution in [3.63, 3.8) is 0 Å². The first-order chi connectivity index (χ1) is 9.08. The molecule has 1 aromatic rings. The third-order valence-corrected chi connectivity index (χ3v) is 2.46. The molecule has 0 saturated carbocycles. The smallest absolute Gasteiger partial charge is 0.344 e. The third kappa shape index (κ3) is 4.79. The van der Waals surface area contributed by atoms with E-state index in [9.17, 15) is 4.79 Å². The van der Waals surface area contributed by atoms with E-state index in [4.69, 9.17) is 19.9 Å². The quantitative estimate of drug-likeness (QED) is 0.758. The zero-order valence-corrected chi connectivity index (χ0v) is 11.6. The Hall–Kier alpha value is -1.75. The van der Waals surface area contributed by atoms with Crippen molar-refractivity contribution in [1.29, 1.82) is 0 Å². The van der Waals surface area contributed by atoms with Crippen molar-refractivity contribution < 1.29 is 19.0 Å². The molecular formula is C14H21NO4. The van der Waals surface area contributed by atoms with E-state index in [1.165, 1.54) is 0 Å². The number of rotatable bonds is 7. The third-order valence-electron chi connectivity index (χ3n) is 2.46. The summed E-state index contributed by atoms with van der Waals surface area (Å²) in [4.78, 5) is 11.3. The predicted molar refractivity (Wildman–Crippen MR) is 72.5 cm³/mol. The Morgan fingerprint density at radius 1 is 1.42 bits per heavy atom. The number of methoxy groups -OCH3 is 1. The summed E-state index contributed by atoms with van der Waals surface area (Å²) in [6.45, 7) is 3.86. The lowest BCUT2D eigenvalue weighted by Crippen LogP contribution is -2.20. The number of hydrogen-bond acceptors (Lipinski definition) is 5. The standard InChI is InChI=1S/C14H21NO4/c1-4-18-13(16)9-19-14-11(8-10(2)15)6-5-7-12(14)17-3/h5-7,10H,4,8-9,15H2,1-3H3. The fourth-order valence-corrected chi connectivity index (χ4v) is 1.73. The maximum Gasteiger partial charge on any atom is 0.344 e. The van der Waals surface area contributed by atoms with Gasteiger partial charge in [0.25, 0.3) is 0 Å². The van der Waals surface area contributed by atoms with Gasteiger partial charge in [-0.3, -0.25) is 0 Å². The van der Waals surface area contributed by atoms with Crippen LogP contribution in [0.2, 0.25) is 0 Å². The van der Waals surface area contributed by atoms with Gasteiger partial charge in [-0.2, -0.15) is 0 Å². The molecule has 5 nitrogen and oxygen atoms in total. The molecule has 1 atom stereocenters. The van der Waals surface area contributed by atoms with Crippen molar-refractivity contribution in [3.8, 4) is 11.5 Å². The topological polar surface area (TPSA) is 70.8 Å². The first-order valence-electron chi connectivity index (χ1n) is 6.28. The van der Waals surface area contributed by atoms with Crippen LogP contribution < -0.4 is 15.2 Å². The molecule has 5 heteroatoms. The molecule has 1 unspecified atom stereocenters. The molecule has 0 aromatic heterocycles. The molecule has 0 aliphatic rings. The van der Waals surface area contributed by atoms with Gasteiger partial charge in [-0.25, -0.2) is 4.79 Å². The number of para-hydroxylation sites is 1. The van der Waals surface area contributed by atoms with Gasteiger partial charge in [0.05, 0.1) is 13.7 Å². The van der Waals surface area contributed by atoms with Crippen molar-refractivity contribution >= 4 is 5.97 Å². The molecule has 0 aliphatic heterocycles. The molecule has 1 aromatic carbocycles. The first-order valence-corrected chi connectivity index (χ1v) is 6.28. The highest BCUT2D eigenvalue weighted by Gasteiger charge is 2.14. The van der Waals surface area contributed by atoms with Gasteiger partial charge in [0.2, 0.25) is 0 Å². The van der Waals surface area contributed by atoms with E-state index >= 15 is 0 Å². The van der Waals surface area contributed by atoms with Crippen molar-refractivity contribution in [2.75, 3.05) is 20.3 Å². The van der Waals surface area contributed by atoms with Crippen LogP contribution in [-0.4, -0.2) is 32.3 Å². The Bertz CT molecular complexity index is 418. The summed E-state index contributed by atoms with van der Waals surface area (Å²) in [6.07, 6.45) is 0.648. The summed E-state index contributed by atoms with van der Waals surface area (Å²) >= 11 is 0. The Morgan fingerprint density at radius 2 is 2.16 bits per heavy atom. The molecular weight excluding hydrogens is 246 g/mol. The first kappa shape index (κ1) is 15.3. The van der Waals surface area contributed by atoms with Crippen LogP contribution in [-0.2, 0) is 16.0 Å². The van der Waals surface area contributed by atoms with Gasteiger partial charge in [-0.1, -0.05) is 12.1 Å². The fourth-order valence-electron chi connectivity index (χ4n) is 1.73. The van der Waals surface area contributed by atoms with Gasteiger partial charge in [0, 0.05) is 6.04 Å². The summed E-state index contributed by atoms with van der Waals surface area (Å²) in [5.41, 5.74) is 6.72. The summed E-state index contributed by atoms with van der Waals surface area (Å²) in [5, 5.41) is 0. The molecule has 0 fully saturated rings. The summed E-state index contributed by atoms with van der Waals surface area (Å²) < 4.78 is 15.6. The van der Waals surface area contributed by atoms with Crippen LogP contribution >= 0.6 is 0 Å². The largest absolute Gasteiger partial charge is 0.493 e. The molecule has 19 heavy (non-hydrogen) atoms. The SMILES string of the molecule is CCOC(=O)COc1c(CC(C)N)cccc1OC. The number of nitrogens with two attached hydrogens (primary N) is 1. The zero-order valence-electron chi connectivity index (χ0n) is 11.6. The molecule has 2 N–H and O–H groups in total. The molecule has 0 aliphatic carbocycles. The molecule has 0 radical (unpaired) electrons. The van der Waals surface area contributed by atoms with E-state index in [0.717, 1.165) is 5.56 Å². The molecule has 0 saturated heterocycles. The molecule has 0 amide bonds. The zero-order chi connectivity index (χ0) is 14.3. The second-order valence-corrected chi connectivity index (χ2v) is 4.22. The van der Waals surface area contributed by atoms with Crippen LogP contribution in [0.1, 0.15) is 19.4 Å². The van der Waals surface area contributed by atoms with Crippen LogP contribution in [0.4, 0.5) is 0 Å². The van der Waals surface area contributed by atoms with E-state index in [1.807, 2.05) is 19.1 Å². The average Bonchev–Trinajstić information content (AvgIpc) is 2.36. The Kier molecular flexibility index (Phi) is 6.15. The maximum atomic E-state index is 11.3. The molecule has 1 rings (SSSR count). The Labute approximate surface area is 113 Å². The van der Waals surface area contributed by atoms with Crippen LogP contribution in [0.15, 0.2) is 18.2 Å². The van der Waals surface area contributed by atoms with E-state index in [0.29, 0.717) is 24.5 Å². The van der Waals surface area contributed by atoms with Crippen molar-refractivity contribution in [2.24, 2.45) is 5.73 Å². The molecule has 0 heterocycles. The van der Waals surface area contributed by atoms with E-state index in [2.05, 4.69) is 0 Å². The van der Waals surface area contributed by atoms with Crippen molar-refractivity contribution in [3.05, 3.63) is 23.8 Å². The number of ether oxygens (including phenoxy) is 3. The highest BCUT2D eigenvalue weighted by atomic mass is 16.6. The van der Waals surface area contributed by atoms with Crippen molar-refractivity contribution in [1.82, 2.24) is 0 Å². The van der Waals surface area contributed by atoms with Gasteiger partial charge in [0.1, 0.15) is 0 Å². The average molecular weight is 267 g/mol. The van der Waals surface area contributed by atoms with Crippen LogP contribution in [0.25, 0.3) is 0 Å². The summed E-state index contributed by atoms with van der Waals surface area (Å²) in [6, 6.07) is 5.56.